The Morgan fingerprint density at radius 1 is 1.50 bits per heavy atom. The Labute approximate surface area is 98.9 Å². The molecular formula is C13H25NO2. The van der Waals surface area contributed by atoms with Crippen LogP contribution in [0.5, 0.6) is 0 Å². The van der Waals surface area contributed by atoms with E-state index in [-0.39, 0.29) is 5.97 Å². The zero-order valence-corrected chi connectivity index (χ0v) is 10.6. The van der Waals surface area contributed by atoms with E-state index < -0.39 is 0 Å². The van der Waals surface area contributed by atoms with Crippen molar-refractivity contribution in [1.29, 1.82) is 0 Å². The number of rotatable bonds is 6. The van der Waals surface area contributed by atoms with Crippen molar-refractivity contribution in [3.8, 4) is 0 Å². The predicted molar refractivity (Wildman–Crippen MR) is 65.3 cm³/mol. The van der Waals surface area contributed by atoms with Crippen LogP contribution in [0.2, 0.25) is 0 Å². The van der Waals surface area contributed by atoms with Crippen LogP contribution in [-0.2, 0) is 9.53 Å². The van der Waals surface area contributed by atoms with Crippen molar-refractivity contribution in [1.82, 2.24) is 5.32 Å². The van der Waals surface area contributed by atoms with E-state index in [4.69, 9.17) is 4.74 Å². The van der Waals surface area contributed by atoms with Crippen molar-refractivity contribution >= 4 is 5.97 Å². The summed E-state index contributed by atoms with van der Waals surface area (Å²) < 4.78 is 4.78. The minimum atomic E-state index is -0.0616. The lowest BCUT2D eigenvalue weighted by Crippen LogP contribution is -2.40. The molecule has 1 aliphatic rings. The van der Waals surface area contributed by atoms with E-state index in [1.807, 2.05) is 0 Å². The normalized spacial score (nSPS) is 22.8. The second kappa shape index (κ2) is 7.66. The quantitative estimate of drug-likeness (QED) is 0.709. The lowest BCUT2D eigenvalue weighted by Gasteiger charge is -2.30. The van der Waals surface area contributed by atoms with Crippen molar-refractivity contribution in [3.63, 3.8) is 0 Å². The van der Waals surface area contributed by atoms with E-state index in [9.17, 15) is 4.79 Å². The molecule has 0 aromatic carbocycles. The van der Waals surface area contributed by atoms with Gasteiger partial charge in [0.15, 0.2) is 0 Å². The Morgan fingerprint density at radius 3 is 2.88 bits per heavy atom. The van der Waals surface area contributed by atoms with Crippen LogP contribution in [0.4, 0.5) is 0 Å². The Kier molecular flexibility index (Phi) is 6.46. The van der Waals surface area contributed by atoms with E-state index in [0.717, 1.165) is 13.0 Å². The van der Waals surface area contributed by atoms with E-state index in [1.54, 1.807) is 0 Å². The number of hydrogen-bond acceptors (Lipinski definition) is 3. The summed E-state index contributed by atoms with van der Waals surface area (Å²) in [5, 5.41) is 3.55. The van der Waals surface area contributed by atoms with Crippen LogP contribution in [0.3, 0.4) is 0 Å². The second-order valence-electron chi connectivity index (χ2n) is 4.74. The number of methoxy groups -OCH3 is 1. The van der Waals surface area contributed by atoms with Crippen LogP contribution in [0.25, 0.3) is 0 Å². The SMILES string of the molecule is CCCCC(CC(=O)OC)C1CCCCN1. The van der Waals surface area contributed by atoms with Gasteiger partial charge in [-0.2, -0.15) is 0 Å². The molecule has 2 atom stereocenters. The lowest BCUT2D eigenvalue weighted by atomic mass is 9.86. The number of unbranched alkanes of at least 4 members (excludes halogenated alkanes) is 1. The molecule has 0 aromatic heterocycles. The van der Waals surface area contributed by atoms with Crippen LogP contribution >= 0.6 is 0 Å². The molecule has 0 bridgehead atoms. The number of nitrogens with one attached hydrogen (secondary N) is 1. The van der Waals surface area contributed by atoms with Crippen LogP contribution in [-0.4, -0.2) is 25.7 Å². The molecule has 0 aromatic rings. The highest BCUT2D eigenvalue weighted by atomic mass is 16.5. The molecule has 2 unspecified atom stereocenters. The van der Waals surface area contributed by atoms with Crippen LogP contribution < -0.4 is 5.32 Å². The van der Waals surface area contributed by atoms with E-state index in [2.05, 4.69) is 12.2 Å². The van der Waals surface area contributed by atoms with E-state index in [1.165, 1.54) is 39.2 Å². The highest BCUT2D eigenvalue weighted by molar-refractivity contribution is 5.69. The Balaban J connectivity index is 2.43. The molecule has 1 aliphatic heterocycles. The van der Waals surface area contributed by atoms with Gasteiger partial charge in [0.25, 0.3) is 0 Å². The Hall–Kier alpha value is -0.570. The summed E-state index contributed by atoms with van der Waals surface area (Å²) >= 11 is 0. The molecule has 3 nitrogen and oxygen atoms in total. The van der Waals surface area contributed by atoms with Crippen molar-refractivity contribution in [2.45, 2.75) is 57.9 Å². The zero-order chi connectivity index (χ0) is 11.8. The fourth-order valence-corrected chi connectivity index (χ4v) is 2.49. The summed E-state index contributed by atoms with van der Waals surface area (Å²) in [6.45, 7) is 3.30. The van der Waals surface area contributed by atoms with Crippen molar-refractivity contribution < 1.29 is 9.53 Å². The summed E-state index contributed by atoms with van der Waals surface area (Å²) in [5.74, 6) is 0.404. The first-order chi connectivity index (χ1) is 7.77. The maximum atomic E-state index is 11.4. The third-order valence-electron chi connectivity index (χ3n) is 3.50. The molecule has 0 aliphatic carbocycles. The average Bonchev–Trinajstić information content (AvgIpc) is 2.35. The van der Waals surface area contributed by atoms with E-state index in [0.29, 0.717) is 18.4 Å². The molecule has 1 heterocycles. The smallest absolute Gasteiger partial charge is 0.305 e. The number of hydrogen-bond donors (Lipinski definition) is 1. The highest BCUT2D eigenvalue weighted by Gasteiger charge is 2.25. The van der Waals surface area contributed by atoms with Crippen LogP contribution in [0.15, 0.2) is 0 Å². The lowest BCUT2D eigenvalue weighted by molar-refractivity contribution is -0.142. The molecule has 3 heteroatoms. The molecule has 0 spiro atoms. The molecule has 0 saturated carbocycles. The molecular weight excluding hydrogens is 202 g/mol. The highest BCUT2D eigenvalue weighted by Crippen LogP contribution is 2.23. The number of piperidine rings is 1. The molecule has 94 valence electrons. The topological polar surface area (TPSA) is 38.3 Å². The van der Waals surface area contributed by atoms with Gasteiger partial charge in [0.1, 0.15) is 0 Å². The maximum Gasteiger partial charge on any atom is 0.305 e. The maximum absolute atomic E-state index is 11.4. The third-order valence-corrected chi connectivity index (χ3v) is 3.50. The Morgan fingerprint density at radius 2 is 2.31 bits per heavy atom. The molecule has 1 fully saturated rings. The minimum absolute atomic E-state index is 0.0616. The number of carbonyl (C=O) groups excluding carboxylic acids is 1. The molecule has 16 heavy (non-hydrogen) atoms. The van der Waals surface area contributed by atoms with Gasteiger partial charge < -0.3 is 10.1 Å². The average molecular weight is 227 g/mol. The molecule has 0 radical (unpaired) electrons. The first-order valence-corrected chi connectivity index (χ1v) is 6.58. The van der Waals surface area contributed by atoms with Gasteiger partial charge in [-0.3, -0.25) is 4.79 Å². The van der Waals surface area contributed by atoms with Crippen molar-refractivity contribution in [2.24, 2.45) is 5.92 Å². The van der Waals surface area contributed by atoms with Gasteiger partial charge in [-0.15, -0.1) is 0 Å². The Bertz CT molecular complexity index is 200. The van der Waals surface area contributed by atoms with Gasteiger partial charge in [-0.05, 0) is 31.7 Å². The number of ether oxygens (including phenoxy) is 1. The number of esters is 1. The summed E-state index contributed by atoms with van der Waals surface area (Å²) in [7, 11) is 1.48. The fourth-order valence-electron chi connectivity index (χ4n) is 2.49. The van der Waals surface area contributed by atoms with E-state index >= 15 is 0 Å². The van der Waals surface area contributed by atoms with Gasteiger partial charge in [-0.1, -0.05) is 26.2 Å². The monoisotopic (exact) mass is 227 g/mol. The van der Waals surface area contributed by atoms with Crippen molar-refractivity contribution in [3.05, 3.63) is 0 Å². The van der Waals surface area contributed by atoms with Crippen LogP contribution in [0, 0.1) is 5.92 Å². The van der Waals surface area contributed by atoms with Gasteiger partial charge in [-0.25, -0.2) is 0 Å². The first-order valence-electron chi connectivity index (χ1n) is 6.58. The van der Waals surface area contributed by atoms with Crippen molar-refractivity contribution in [2.75, 3.05) is 13.7 Å². The minimum Gasteiger partial charge on any atom is -0.469 e. The largest absolute Gasteiger partial charge is 0.469 e. The summed E-state index contributed by atoms with van der Waals surface area (Å²) in [6.07, 6.45) is 7.91. The standard InChI is InChI=1S/C13H25NO2/c1-3-4-7-11(10-13(15)16-2)12-8-5-6-9-14-12/h11-12,14H,3-10H2,1-2H3. The molecule has 0 amide bonds. The molecule has 1 rings (SSSR count). The first kappa shape index (κ1) is 13.5. The third kappa shape index (κ3) is 4.52. The summed E-state index contributed by atoms with van der Waals surface area (Å²) in [5.41, 5.74) is 0. The van der Waals surface area contributed by atoms with Gasteiger partial charge in [0, 0.05) is 12.5 Å². The number of carbonyl (C=O) groups is 1. The second-order valence-corrected chi connectivity index (χ2v) is 4.74. The summed E-state index contributed by atoms with van der Waals surface area (Å²) in [4.78, 5) is 11.4. The van der Waals surface area contributed by atoms with Crippen LogP contribution in [0.1, 0.15) is 51.9 Å². The van der Waals surface area contributed by atoms with Gasteiger partial charge >= 0.3 is 5.97 Å². The predicted octanol–water partition coefficient (Wildman–Crippen LogP) is 2.50. The van der Waals surface area contributed by atoms with Gasteiger partial charge in [0.05, 0.1) is 7.11 Å². The van der Waals surface area contributed by atoms with Gasteiger partial charge in [0.2, 0.25) is 0 Å². The molecule has 1 saturated heterocycles. The summed E-state index contributed by atoms with van der Waals surface area (Å²) in [6, 6.07) is 0.527. The molecule has 1 N–H and O–H groups in total. The zero-order valence-electron chi connectivity index (χ0n) is 10.6. The fraction of sp³-hybridized carbons (Fsp3) is 0.923.